The lowest BCUT2D eigenvalue weighted by atomic mass is 10.2. The smallest absolute Gasteiger partial charge is 0.225 e. The van der Waals surface area contributed by atoms with Crippen molar-refractivity contribution in [1.29, 1.82) is 0 Å². The molecule has 3 heterocycles. The first-order valence-corrected chi connectivity index (χ1v) is 8.62. The highest BCUT2D eigenvalue weighted by molar-refractivity contribution is 5.63. The SMILES string of the molecule is OCCCNc1nc(NCCc2ccncc2)cc(-c2ccncc2)n1. The highest BCUT2D eigenvalue weighted by Gasteiger charge is 2.07. The summed E-state index contributed by atoms with van der Waals surface area (Å²) in [7, 11) is 0. The molecule has 0 radical (unpaired) electrons. The van der Waals surface area contributed by atoms with Gasteiger partial charge in [-0.15, -0.1) is 0 Å². The Kier molecular flexibility index (Phi) is 6.44. The van der Waals surface area contributed by atoms with Crippen molar-refractivity contribution in [2.45, 2.75) is 12.8 Å². The molecule has 0 aliphatic rings. The molecular formula is C19H22N6O. The molecule has 26 heavy (non-hydrogen) atoms. The monoisotopic (exact) mass is 350 g/mol. The number of anilines is 2. The van der Waals surface area contributed by atoms with E-state index in [1.54, 1.807) is 24.8 Å². The summed E-state index contributed by atoms with van der Waals surface area (Å²) in [5.74, 6) is 1.30. The quantitative estimate of drug-likeness (QED) is 0.510. The number of aromatic nitrogens is 4. The molecule has 7 nitrogen and oxygen atoms in total. The number of nitrogens with zero attached hydrogens (tertiary/aromatic N) is 4. The van der Waals surface area contributed by atoms with Gasteiger partial charge in [0.1, 0.15) is 5.82 Å². The standard InChI is InChI=1S/C19H22N6O/c26-13-1-7-23-19-24-17(16-5-10-21-11-6-16)14-18(25-19)22-12-4-15-2-8-20-9-3-15/h2-3,5-6,8-11,14,26H,1,4,7,12-13H2,(H2,22,23,24,25). The molecule has 0 aliphatic carbocycles. The predicted molar refractivity (Wildman–Crippen MR) is 102 cm³/mol. The second-order valence-electron chi connectivity index (χ2n) is 5.73. The zero-order valence-electron chi connectivity index (χ0n) is 14.5. The molecule has 0 saturated carbocycles. The second-order valence-corrected chi connectivity index (χ2v) is 5.73. The van der Waals surface area contributed by atoms with E-state index in [-0.39, 0.29) is 6.61 Å². The number of aliphatic hydroxyl groups is 1. The molecule has 0 bridgehead atoms. The Labute approximate surface area is 152 Å². The third kappa shape index (κ3) is 5.22. The number of hydrogen-bond acceptors (Lipinski definition) is 7. The largest absolute Gasteiger partial charge is 0.396 e. The fourth-order valence-corrected chi connectivity index (χ4v) is 2.45. The zero-order valence-corrected chi connectivity index (χ0v) is 14.5. The molecule has 0 aliphatic heterocycles. The van der Waals surface area contributed by atoms with Crippen molar-refractivity contribution in [3.8, 4) is 11.3 Å². The summed E-state index contributed by atoms with van der Waals surface area (Å²) < 4.78 is 0. The fourth-order valence-electron chi connectivity index (χ4n) is 2.45. The van der Waals surface area contributed by atoms with Crippen LogP contribution < -0.4 is 10.6 Å². The van der Waals surface area contributed by atoms with Gasteiger partial charge in [-0.05, 0) is 42.7 Å². The van der Waals surface area contributed by atoms with Gasteiger partial charge < -0.3 is 15.7 Å². The normalized spacial score (nSPS) is 10.5. The molecule has 0 amide bonds. The zero-order chi connectivity index (χ0) is 18.0. The van der Waals surface area contributed by atoms with Crippen LogP contribution in [-0.4, -0.2) is 44.7 Å². The average Bonchev–Trinajstić information content (AvgIpc) is 2.70. The van der Waals surface area contributed by atoms with Gasteiger partial charge in [0.15, 0.2) is 0 Å². The molecule has 0 unspecified atom stereocenters. The molecular weight excluding hydrogens is 328 g/mol. The van der Waals surface area contributed by atoms with E-state index in [2.05, 4.69) is 30.6 Å². The Morgan fingerprint density at radius 1 is 0.846 bits per heavy atom. The van der Waals surface area contributed by atoms with Crippen LogP contribution in [0.2, 0.25) is 0 Å². The maximum Gasteiger partial charge on any atom is 0.225 e. The second kappa shape index (κ2) is 9.43. The van der Waals surface area contributed by atoms with Gasteiger partial charge in [0.05, 0.1) is 5.69 Å². The Hall–Kier alpha value is -3.06. The van der Waals surface area contributed by atoms with E-state index >= 15 is 0 Å². The number of hydrogen-bond donors (Lipinski definition) is 3. The van der Waals surface area contributed by atoms with Crippen molar-refractivity contribution in [1.82, 2.24) is 19.9 Å². The van der Waals surface area contributed by atoms with Gasteiger partial charge in [0.25, 0.3) is 0 Å². The van der Waals surface area contributed by atoms with Crippen LogP contribution in [0.3, 0.4) is 0 Å². The minimum atomic E-state index is 0.133. The van der Waals surface area contributed by atoms with E-state index in [1.807, 2.05) is 30.3 Å². The van der Waals surface area contributed by atoms with Crippen molar-refractivity contribution < 1.29 is 5.11 Å². The topological polar surface area (TPSA) is 95.8 Å². The lowest BCUT2D eigenvalue weighted by molar-refractivity contribution is 0.292. The number of aliphatic hydroxyl groups excluding tert-OH is 1. The van der Waals surface area contributed by atoms with Crippen LogP contribution in [0.5, 0.6) is 0 Å². The molecule has 0 atom stereocenters. The molecule has 3 aromatic heterocycles. The van der Waals surface area contributed by atoms with E-state index in [4.69, 9.17) is 5.11 Å². The number of pyridine rings is 2. The van der Waals surface area contributed by atoms with Gasteiger partial charge in [-0.25, -0.2) is 4.98 Å². The fraction of sp³-hybridized carbons (Fsp3) is 0.263. The van der Waals surface area contributed by atoms with Crippen molar-refractivity contribution in [2.24, 2.45) is 0 Å². The van der Waals surface area contributed by atoms with Crippen LogP contribution in [-0.2, 0) is 6.42 Å². The van der Waals surface area contributed by atoms with Gasteiger partial charge in [-0.1, -0.05) is 0 Å². The average molecular weight is 350 g/mol. The molecule has 3 N–H and O–H groups in total. The molecule has 0 aromatic carbocycles. The van der Waals surface area contributed by atoms with Crippen LogP contribution in [0.4, 0.5) is 11.8 Å². The summed E-state index contributed by atoms with van der Waals surface area (Å²) >= 11 is 0. The van der Waals surface area contributed by atoms with Crippen molar-refractivity contribution in [3.63, 3.8) is 0 Å². The Bertz CT molecular complexity index is 798. The molecule has 3 rings (SSSR count). The van der Waals surface area contributed by atoms with Gasteiger partial charge >= 0.3 is 0 Å². The first-order valence-electron chi connectivity index (χ1n) is 8.62. The minimum absolute atomic E-state index is 0.133. The van der Waals surface area contributed by atoms with E-state index in [0.717, 1.165) is 30.0 Å². The minimum Gasteiger partial charge on any atom is -0.396 e. The van der Waals surface area contributed by atoms with Gasteiger partial charge in [0, 0.05) is 56.1 Å². The van der Waals surface area contributed by atoms with Crippen molar-refractivity contribution in [3.05, 3.63) is 60.7 Å². The van der Waals surface area contributed by atoms with Crippen molar-refractivity contribution in [2.75, 3.05) is 30.3 Å². The molecule has 134 valence electrons. The van der Waals surface area contributed by atoms with Gasteiger partial charge in [0.2, 0.25) is 5.95 Å². The van der Waals surface area contributed by atoms with Crippen molar-refractivity contribution >= 4 is 11.8 Å². The van der Waals surface area contributed by atoms with E-state index in [0.29, 0.717) is 18.9 Å². The molecule has 3 aromatic rings. The molecule has 7 heteroatoms. The van der Waals surface area contributed by atoms with Crippen LogP contribution in [0, 0.1) is 0 Å². The summed E-state index contributed by atoms with van der Waals surface area (Å²) in [5.41, 5.74) is 3.02. The highest BCUT2D eigenvalue weighted by atomic mass is 16.3. The maximum atomic E-state index is 8.95. The third-order valence-electron chi connectivity index (χ3n) is 3.79. The molecule has 0 spiro atoms. The molecule has 0 saturated heterocycles. The first-order chi connectivity index (χ1) is 12.8. The van der Waals surface area contributed by atoms with Gasteiger partial charge in [-0.3, -0.25) is 9.97 Å². The van der Waals surface area contributed by atoms with Crippen LogP contribution in [0.25, 0.3) is 11.3 Å². The lowest BCUT2D eigenvalue weighted by Crippen LogP contribution is -2.11. The predicted octanol–water partition coefficient (Wildman–Crippen LogP) is 2.38. The Morgan fingerprint density at radius 2 is 1.58 bits per heavy atom. The number of rotatable bonds is 9. The Balaban J connectivity index is 1.73. The summed E-state index contributed by atoms with van der Waals surface area (Å²) in [5, 5.41) is 15.5. The first kappa shape index (κ1) is 17.8. The summed E-state index contributed by atoms with van der Waals surface area (Å²) in [4.78, 5) is 17.2. The van der Waals surface area contributed by atoms with Crippen LogP contribution >= 0.6 is 0 Å². The summed E-state index contributed by atoms with van der Waals surface area (Å²) in [6, 6.07) is 9.78. The lowest BCUT2D eigenvalue weighted by Gasteiger charge is -2.11. The third-order valence-corrected chi connectivity index (χ3v) is 3.79. The maximum absolute atomic E-state index is 8.95. The highest BCUT2D eigenvalue weighted by Crippen LogP contribution is 2.21. The van der Waals surface area contributed by atoms with E-state index in [9.17, 15) is 0 Å². The van der Waals surface area contributed by atoms with Crippen LogP contribution in [0.1, 0.15) is 12.0 Å². The van der Waals surface area contributed by atoms with Gasteiger partial charge in [-0.2, -0.15) is 4.98 Å². The summed E-state index contributed by atoms with van der Waals surface area (Å²) in [6.45, 7) is 1.51. The Morgan fingerprint density at radius 3 is 2.31 bits per heavy atom. The summed E-state index contributed by atoms with van der Waals surface area (Å²) in [6.07, 6.45) is 8.60. The van der Waals surface area contributed by atoms with E-state index in [1.165, 1.54) is 5.56 Å². The molecule has 0 fully saturated rings. The van der Waals surface area contributed by atoms with Crippen LogP contribution in [0.15, 0.2) is 55.1 Å². The van der Waals surface area contributed by atoms with E-state index < -0.39 is 0 Å². The number of nitrogens with one attached hydrogen (secondary N) is 2.